The number of nitrogens with one attached hydrogen (secondary N) is 1. The number of benzene rings is 3. The molecule has 2 N–H and O–H groups in total. The van der Waals surface area contributed by atoms with Crippen molar-refractivity contribution in [3.63, 3.8) is 0 Å². The van der Waals surface area contributed by atoms with Gasteiger partial charge in [0.05, 0.1) is 12.7 Å². The van der Waals surface area contributed by atoms with Gasteiger partial charge in [0.2, 0.25) is 0 Å². The molecule has 0 radical (unpaired) electrons. The van der Waals surface area contributed by atoms with E-state index in [2.05, 4.69) is 5.32 Å². The SMILES string of the molecule is COc1cccc([C@@H]2Nc3ccccc3C(=O)N2Cc2ccc(C)cc2)c1O. The van der Waals surface area contributed by atoms with Crippen LogP contribution in [-0.2, 0) is 6.54 Å². The minimum absolute atomic E-state index is 0.0311. The molecule has 1 aliphatic rings. The average Bonchev–Trinajstić information content (AvgIpc) is 2.72. The van der Waals surface area contributed by atoms with Gasteiger partial charge in [-0.25, -0.2) is 0 Å². The smallest absolute Gasteiger partial charge is 0.258 e. The summed E-state index contributed by atoms with van der Waals surface area (Å²) >= 11 is 0. The maximum Gasteiger partial charge on any atom is 0.258 e. The molecule has 0 aromatic heterocycles. The van der Waals surface area contributed by atoms with Crippen molar-refractivity contribution in [3.05, 3.63) is 89.0 Å². The summed E-state index contributed by atoms with van der Waals surface area (Å²) in [4.78, 5) is 15.0. The van der Waals surface area contributed by atoms with Crippen LogP contribution in [-0.4, -0.2) is 23.0 Å². The van der Waals surface area contributed by atoms with Crippen LogP contribution in [0.2, 0.25) is 0 Å². The topological polar surface area (TPSA) is 61.8 Å². The van der Waals surface area contributed by atoms with Gasteiger partial charge in [-0.1, -0.05) is 54.1 Å². The molecule has 1 aliphatic heterocycles. The highest BCUT2D eigenvalue weighted by Gasteiger charge is 2.34. The number of rotatable bonds is 4. The number of ether oxygens (including phenoxy) is 1. The van der Waals surface area contributed by atoms with E-state index in [4.69, 9.17) is 4.74 Å². The number of carbonyl (C=O) groups excluding carboxylic acids is 1. The molecule has 0 saturated heterocycles. The van der Waals surface area contributed by atoms with E-state index >= 15 is 0 Å². The molecule has 0 aliphatic carbocycles. The van der Waals surface area contributed by atoms with Crippen LogP contribution in [0.5, 0.6) is 11.5 Å². The first-order valence-corrected chi connectivity index (χ1v) is 9.16. The quantitative estimate of drug-likeness (QED) is 0.707. The molecule has 0 spiro atoms. The highest BCUT2D eigenvalue weighted by atomic mass is 16.5. The standard InChI is InChI=1S/C23H22N2O3/c1-15-10-12-16(13-11-15)14-25-22(18-7-5-9-20(28-2)21(18)26)24-19-8-4-3-6-17(19)23(25)27/h3-13,22,24,26H,14H2,1-2H3/t22-/m1/s1. The van der Waals surface area contributed by atoms with Crippen molar-refractivity contribution in [2.75, 3.05) is 12.4 Å². The summed E-state index contributed by atoms with van der Waals surface area (Å²) in [6.45, 7) is 2.45. The van der Waals surface area contributed by atoms with E-state index in [-0.39, 0.29) is 11.7 Å². The second-order valence-corrected chi connectivity index (χ2v) is 6.91. The largest absolute Gasteiger partial charge is 0.504 e. The van der Waals surface area contributed by atoms with E-state index in [0.29, 0.717) is 23.4 Å². The lowest BCUT2D eigenvalue weighted by molar-refractivity contribution is 0.0664. The molecule has 0 bridgehead atoms. The van der Waals surface area contributed by atoms with Crippen molar-refractivity contribution >= 4 is 11.6 Å². The van der Waals surface area contributed by atoms with Crippen molar-refractivity contribution in [2.45, 2.75) is 19.6 Å². The lowest BCUT2D eigenvalue weighted by Crippen LogP contribution is -2.42. The van der Waals surface area contributed by atoms with Gasteiger partial charge in [-0.2, -0.15) is 0 Å². The molecule has 0 fully saturated rings. The van der Waals surface area contributed by atoms with Crippen LogP contribution < -0.4 is 10.1 Å². The summed E-state index contributed by atoms with van der Waals surface area (Å²) in [5, 5.41) is 14.1. The van der Waals surface area contributed by atoms with Crippen molar-refractivity contribution < 1.29 is 14.6 Å². The number of phenols is 1. The number of fused-ring (bicyclic) bond motifs is 1. The molecule has 142 valence electrons. The number of anilines is 1. The van der Waals surface area contributed by atoms with Crippen molar-refractivity contribution in [1.29, 1.82) is 0 Å². The number of hydrogen-bond donors (Lipinski definition) is 2. The Morgan fingerprint density at radius 2 is 1.79 bits per heavy atom. The lowest BCUT2D eigenvalue weighted by atomic mass is 10.0. The molecule has 5 heteroatoms. The monoisotopic (exact) mass is 374 g/mol. The van der Waals surface area contributed by atoms with Crippen molar-refractivity contribution in [2.24, 2.45) is 0 Å². The van der Waals surface area contributed by atoms with Crippen molar-refractivity contribution in [1.82, 2.24) is 4.90 Å². The number of para-hydroxylation sites is 2. The number of amides is 1. The Hall–Kier alpha value is -3.47. The summed E-state index contributed by atoms with van der Waals surface area (Å²) in [5.74, 6) is 0.326. The van der Waals surface area contributed by atoms with Crippen molar-refractivity contribution in [3.8, 4) is 11.5 Å². The molecule has 0 saturated carbocycles. The van der Waals surface area contributed by atoms with Gasteiger partial charge < -0.3 is 20.1 Å². The fourth-order valence-electron chi connectivity index (χ4n) is 3.52. The molecule has 0 unspecified atom stereocenters. The zero-order valence-corrected chi connectivity index (χ0v) is 15.8. The maximum atomic E-state index is 13.3. The van der Waals surface area contributed by atoms with Gasteiger partial charge in [0.15, 0.2) is 11.5 Å². The van der Waals surface area contributed by atoms with Crippen LogP contribution in [0, 0.1) is 6.92 Å². The van der Waals surface area contributed by atoms with Crippen LogP contribution in [0.4, 0.5) is 5.69 Å². The van der Waals surface area contributed by atoms with Gasteiger partial charge in [0.25, 0.3) is 5.91 Å². The number of methoxy groups -OCH3 is 1. The number of phenolic OH excluding ortho intramolecular Hbond substituents is 1. The molecule has 1 atom stereocenters. The molecule has 1 amide bonds. The van der Waals surface area contributed by atoms with Crippen LogP contribution in [0.1, 0.15) is 33.2 Å². The van der Waals surface area contributed by atoms with Gasteiger partial charge in [0, 0.05) is 17.8 Å². The molecule has 3 aromatic carbocycles. The summed E-state index contributed by atoms with van der Waals surface area (Å²) in [6, 6.07) is 20.8. The number of carbonyl (C=O) groups is 1. The Morgan fingerprint density at radius 3 is 2.54 bits per heavy atom. The Balaban J connectivity index is 1.79. The number of nitrogens with zero attached hydrogens (tertiary/aromatic N) is 1. The van der Waals surface area contributed by atoms with E-state index in [9.17, 15) is 9.90 Å². The Kier molecular flexibility index (Phi) is 4.65. The number of aromatic hydroxyl groups is 1. The minimum Gasteiger partial charge on any atom is -0.504 e. The molecular formula is C23H22N2O3. The first kappa shape index (κ1) is 17.9. The lowest BCUT2D eigenvalue weighted by Gasteiger charge is -2.38. The van der Waals surface area contributed by atoms with E-state index in [1.165, 1.54) is 12.7 Å². The second kappa shape index (κ2) is 7.27. The third-order valence-electron chi connectivity index (χ3n) is 5.04. The highest BCUT2D eigenvalue weighted by Crippen LogP contribution is 2.40. The fraction of sp³-hybridized carbons (Fsp3) is 0.174. The van der Waals surface area contributed by atoms with Gasteiger partial charge >= 0.3 is 0 Å². The Bertz CT molecular complexity index is 1010. The summed E-state index contributed by atoms with van der Waals surface area (Å²) in [7, 11) is 1.51. The van der Waals surface area contributed by atoms with Crippen LogP contribution in [0.15, 0.2) is 66.7 Å². The van der Waals surface area contributed by atoms with Crippen LogP contribution >= 0.6 is 0 Å². The van der Waals surface area contributed by atoms with Gasteiger partial charge in [-0.05, 0) is 30.7 Å². The van der Waals surface area contributed by atoms with Gasteiger partial charge in [-0.3, -0.25) is 4.79 Å². The van der Waals surface area contributed by atoms with Gasteiger partial charge in [0.1, 0.15) is 6.17 Å². The molecule has 3 aromatic rings. The maximum absolute atomic E-state index is 13.3. The van der Waals surface area contributed by atoms with E-state index in [1.807, 2.05) is 61.5 Å². The van der Waals surface area contributed by atoms with E-state index < -0.39 is 6.17 Å². The Morgan fingerprint density at radius 1 is 1.04 bits per heavy atom. The van der Waals surface area contributed by atoms with Gasteiger partial charge in [-0.15, -0.1) is 0 Å². The second-order valence-electron chi connectivity index (χ2n) is 6.91. The zero-order chi connectivity index (χ0) is 19.7. The Labute approximate surface area is 164 Å². The molecule has 4 rings (SSSR count). The third kappa shape index (κ3) is 3.16. The normalized spacial score (nSPS) is 15.7. The molecular weight excluding hydrogens is 352 g/mol. The van der Waals surface area contributed by atoms with E-state index in [0.717, 1.165) is 11.3 Å². The molecule has 28 heavy (non-hydrogen) atoms. The van der Waals surface area contributed by atoms with Crippen LogP contribution in [0.3, 0.4) is 0 Å². The third-order valence-corrected chi connectivity index (χ3v) is 5.04. The summed E-state index contributed by atoms with van der Waals surface area (Å²) in [6.07, 6.45) is -0.515. The highest BCUT2D eigenvalue weighted by molar-refractivity contribution is 6.01. The molecule has 1 heterocycles. The number of aryl methyl sites for hydroxylation is 1. The first-order valence-electron chi connectivity index (χ1n) is 9.16. The zero-order valence-electron chi connectivity index (χ0n) is 15.8. The summed E-state index contributed by atoms with van der Waals surface area (Å²) < 4.78 is 5.26. The predicted octanol–water partition coefficient (Wildman–Crippen LogP) is 4.48. The molecule has 5 nitrogen and oxygen atoms in total. The predicted molar refractivity (Wildman–Crippen MR) is 109 cm³/mol. The average molecular weight is 374 g/mol. The number of hydrogen-bond acceptors (Lipinski definition) is 4. The fourth-order valence-corrected chi connectivity index (χ4v) is 3.52. The van der Waals surface area contributed by atoms with E-state index in [1.54, 1.807) is 17.0 Å². The first-order chi connectivity index (χ1) is 13.6. The summed E-state index contributed by atoms with van der Waals surface area (Å²) in [5.41, 5.74) is 4.15. The minimum atomic E-state index is -0.515. The van der Waals surface area contributed by atoms with Crippen LogP contribution in [0.25, 0.3) is 0 Å².